The van der Waals surface area contributed by atoms with Crippen molar-refractivity contribution in [1.29, 1.82) is 0 Å². The molecule has 0 saturated carbocycles. The van der Waals surface area contributed by atoms with Crippen molar-refractivity contribution in [3.8, 4) is 11.5 Å². The van der Waals surface area contributed by atoms with Crippen molar-refractivity contribution in [2.24, 2.45) is 4.99 Å². The first-order valence-electron chi connectivity index (χ1n) is 13.8. The number of ether oxygens (including phenoxy) is 3. The Hall–Kier alpha value is -4.09. The number of allylic oxidation sites excluding steroid dienone is 1. The number of amidine groups is 1. The average Bonchev–Trinajstić information content (AvgIpc) is 3.38. The Kier molecular flexibility index (Phi) is 9.28. The summed E-state index contributed by atoms with van der Waals surface area (Å²) in [6, 6.07) is 16.5. The van der Waals surface area contributed by atoms with Crippen LogP contribution in [0.25, 0.3) is 0 Å². The van der Waals surface area contributed by atoms with Crippen molar-refractivity contribution in [3.63, 3.8) is 0 Å². The van der Waals surface area contributed by atoms with E-state index in [2.05, 4.69) is 0 Å². The number of rotatable bonds is 9. The van der Waals surface area contributed by atoms with E-state index in [1.165, 1.54) is 11.8 Å². The second-order valence-electron chi connectivity index (χ2n) is 10.1. The lowest BCUT2D eigenvalue weighted by Crippen LogP contribution is -2.50. The molecule has 220 valence electrons. The molecular weight excluding hydrogens is 556 g/mol. The molecule has 0 radical (unpaired) electrons. The van der Waals surface area contributed by atoms with Crippen LogP contribution in [0.1, 0.15) is 31.9 Å². The largest absolute Gasteiger partial charge is 0.460 e. The molecule has 0 aliphatic carbocycles. The van der Waals surface area contributed by atoms with E-state index in [-0.39, 0.29) is 31.4 Å². The summed E-state index contributed by atoms with van der Waals surface area (Å²) in [4.78, 5) is 48.9. The number of methoxy groups -OCH3 is 1. The van der Waals surface area contributed by atoms with Gasteiger partial charge < -0.3 is 28.9 Å². The number of aliphatic imine (C=N–C) groups is 1. The van der Waals surface area contributed by atoms with Crippen LogP contribution in [-0.2, 0) is 23.9 Å². The summed E-state index contributed by atoms with van der Waals surface area (Å²) < 4.78 is 16.8. The summed E-state index contributed by atoms with van der Waals surface area (Å²) in [5, 5.41) is 2.61. The molecule has 2 aromatic rings. The van der Waals surface area contributed by atoms with Gasteiger partial charge in [0.25, 0.3) is 0 Å². The summed E-state index contributed by atoms with van der Waals surface area (Å²) in [7, 11) is 1.55. The van der Waals surface area contributed by atoms with Crippen molar-refractivity contribution in [2.75, 3.05) is 46.5 Å². The minimum atomic E-state index is -0.588. The van der Waals surface area contributed by atoms with Gasteiger partial charge in [-0.25, -0.2) is 9.79 Å². The number of para-hydroxylation sites is 1. The van der Waals surface area contributed by atoms with Crippen molar-refractivity contribution >= 4 is 34.7 Å². The smallest absolute Gasteiger partial charge is 0.338 e. The first kappa shape index (κ1) is 29.4. The topological polar surface area (TPSA) is 101 Å². The molecule has 0 bridgehead atoms. The van der Waals surface area contributed by atoms with Gasteiger partial charge in [0.2, 0.25) is 11.8 Å². The Bertz CT molecular complexity index is 1430. The fourth-order valence-electron chi connectivity index (χ4n) is 5.15. The third-order valence-electron chi connectivity index (χ3n) is 7.30. The summed E-state index contributed by atoms with van der Waals surface area (Å²) in [6.07, 6.45) is 0.133. The minimum absolute atomic E-state index is 0.0135. The molecular formula is C31H34N4O6S. The highest BCUT2D eigenvalue weighted by Gasteiger charge is 2.41. The molecule has 2 aromatic carbocycles. The predicted molar refractivity (Wildman–Crippen MR) is 160 cm³/mol. The number of benzene rings is 2. The van der Waals surface area contributed by atoms with Gasteiger partial charge in [-0.1, -0.05) is 42.1 Å². The van der Waals surface area contributed by atoms with Gasteiger partial charge in [0.05, 0.1) is 30.3 Å². The third kappa shape index (κ3) is 6.52. The number of hydrogen-bond donors (Lipinski definition) is 0. The lowest BCUT2D eigenvalue weighted by Gasteiger charge is -2.38. The second-order valence-corrected chi connectivity index (χ2v) is 10.9. The molecule has 3 heterocycles. The minimum Gasteiger partial charge on any atom is -0.460 e. The van der Waals surface area contributed by atoms with Crippen molar-refractivity contribution in [1.82, 2.24) is 14.7 Å². The Morgan fingerprint density at radius 2 is 1.67 bits per heavy atom. The van der Waals surface area contributed by atoms with Crippen LogP contribution in [0.4, 0.5) is 0 Å². The quantitative estimate of drug-likeness (QED) is 0.315. The predicted octanol–water partition coefficient (Wildman–Crippen LogP) is 4.32. The monoisotopic (exact) mass is 590 g/mol. The number of carbonyl (C=O) groups excluding carboxylic acids is 3. The Morgan fingerprint density at radius 1 is 0.952 bits per heavy atom. The molecule has 3 aliphatic heterocycles. The van der Waals surface area contributed by atoms with E-state index in [0.717, 1.165) is 11.3 Å². The van der Waals surface area contributed by atoms with Crippen LogP contribution in [0.3, 0.4) is 0 Å². The van der Waals surface area contributed by atoms with E-state index >= 15 is 0 Å². The number of carbonyl (C=O) groups is 3. The zero-order chi connectivity index (χ0) is 29.6. The van der Waals surface area contributed by atoms with E-state index in [1.54, 1.807) is 30.8 Å². The molecule has 1 fully saturated rings. The zero-order valence-corrected chi connectivity index (χ0v) is 24.8. The van der Waals surface area contributed by atoms with Gasteiger partial charge in [0.1, 0.15) is 18.1 Å². The van der Waals surface area contributed by atoms with Crippen molar-refractivity contribution in [3.05, 3.63) is 82.5 Å². The van der Waals surface area contributed by atoms with E-state index < -0.39 is 12.0 Å². The molecule has 2 amide bonds. The summed E-state index contributed by atoms with van der Waals surface area (Å²) in [5.74, 6) is 0.791. The first-order chi connectivity index (χ1) is 20.4. The van der Waals surface area contributed by atoms with Gasteiger partial charge in [0, 0.05) is 45.9 Å². The number of esters is 1. The molecule has 5 rings (SSSR count). The molecule has 1 saturated heterocycles. The zero-order valence-electron chi connectivity index (χ0n) is 23.9. The van der Waals surface area contributed by atoms with Crippen molar-refractivity contribution < 1.29 is 28.6 Å². The van der Waals surface area contributed by atoms with Crippen LogP contribution in [0.2, 0.25) is 0 Å². The van der Waals surface area contributed by atoms with Gasteiger partial charge in [-0.3, -0.25) is 9.59 Å². The Morgan fingerprint density at radius 3 is 2.38 bits per heavy atom. The number of thioether (sulfide) groups is 1. The lowest BCUT2D eigenvalue weighted by molar-refractivity contribution is -0.141. The van der Waals surface area contributed by atoms with E-state index in [0.29, 0.717) is 54.1 Å². The maximum absolute atomic E-state index is 13.5. The average molecular weight is 591 g/mol. The number of piperazine rings is 1. The first-order valence-corrected chi connectivity index (χ1v) is 14.7. The van der Waals surface area contributed by atoms with Gasteiger partial charge in [-0.2, -0.15) is 0 Å². The van der Waals surface area contributed by atoms with Crippen LogP contribution >= 0.6 is 11.8 Å². The number of fused-ring (bicyclic) bond motifs is 1. The fourth-order valence-corrected chi connectivity index (χ4v) is 6.12. The molecule has 10 nitrogen and oxygen atoms in total. The SMILES string of the molecule is COCCOC(=O)C1=C(C)N=C2SC=C(CC(=O)N3CCN(C(C)=O)CC3)N2[C@@H]1c1cccc(Oc2ccccc2)c1. The van der Waals surface area contributed by atoms with E-state index in [9.17, 15) is 14.4 Å². The second kappa shape index (κ2) is 13.3. The summed E-state index contributed by atoms with van der Waals surface area (Å²) >= 11 is 1.42. The van der Waals surface area contributed by atoms with Gasteiger partial charge in [-0.05, 0) is 42.2 Å². The molecule has 0 aromatic heterocycles. The molecule has 0 N–H and O–H groups in total. The highest BCUT2D eigenvalue weighted by Crippen LogP contribution is 2.45. The fraction of sp³-hybridized carbons (Fsp3) is 0.355. The maximum atomic E-state index is 13.5. The number of amides is 2. The normalized spacial score (nSPS) is 18.4. The van der Waals surface area contributed by atoms with Gasteiger partial charge >= 0.3 is 5.97 Å². The van der Waals surface area contributed by atoms with Crippen molar-refractivity contribution in [2.45, 2.75) is 26.3 Å². The number of nitrogens with zero attached hydrogens (tertiary/aromatic N) is 4. The Labute approximate surface area is 249 Å². The molecule has 0 spiro atoms. The van der Waals surface area contributed by atoms with Gasteiger partial charge in [0.15, 0.2) is 5.17 Å². The Balaban J connectivity index is 1.44. The molecule has 0 unspecified atom stereocenters. The van der Waals surface area contributed by atoms with Crippen LogP contribution in [-0.4, -0.2) is 84.2 Å². The van der Waals surface area contributed by atoms with Crippen LogP contribution in [0, 0.1) is 0 Å². The van der Waals surface area contributed by atoms with Crippen LogP contribution < -0.4 is 4.74 Å². The lowest BCUT2D eigenvalue weighted by atomic mass is 9.93. The summed E-state index contributed by atoms with van der Waals surface area (Å²) in [6.45, 7) is 5.72. The number of hydrogen-bond acceptors (Lipinski definition) is 9. The summed E-state index contributed by atoms with van der Waals surface area (Å²) in [5.41, 5.74) is 2.48. The van der Waals surface area contributed by atoms with Crippen LogP contribution in [0.5, 0.6) is 11.5 Å². The highest BCUT2D eigenvalue weighted by molar-refractivity contribution is 8.16. The standard InChI is InChI=1S/C31H34N4O6S/c1-21-28(30(38)40-17-16-39-3)29(23-8-7-11-26(18-23)41-25-9-5-4-6-10-25)35-24(20-42-31(35)32-21)19-27(37)34-14-12-33(13-15-34)22(2)36/h4-11,18,20,29H,12-17,19H2,1-3H3/t29-/m1/s1. The van der Waals surface area contributed by atoms with E-state index in [1.807, 2.05) is 64.9 Å². The molecule has 3 aliphatic rings. The van der Waals surface area contributed by atoms with E-state index in [4.69, 9.17) is 19.2 Å². The van der Waals surface area contributed by atoms with Crippen LogP contribution in [0.15, 0.2) is 82.0 Å². The highest BCUT2D eigenvalue weighted by atomic mass is 32.2. The van der Waals surface area contributed by atoms with Gasteiger partial charge in [-0.15, -0.1) is 0 Å². The molecule has 42 heavy (non-hydrogen) atoms. The molecule has 11 heteroatoms. The third-order valence-corrected chi connectivity index (χ3v) is 8.19. The maximum Gasteiger partial charge on any atom is 0.338 e. The molecule has 1 atom stereocenters.